The van der Waals surface area contributed by atoms with Crippen molar-refractivity contribution in [3.05, 3.63) is 11.6 Å². The number of ketones is 1. The normalized spacial score (nSPS) is 34.3. The summed E-state index contributed by atoms with van der Waals surface area (Å²) in [6.07, 6.45) is 2.17. The summed E-state index contributed by atoms with van der Waals surface area (Å²) in [5, 5.41) is 0. The van der Waals surface area contributed by atoms with Crippen molar-refractivity contribution in [1.29, 1.82) is 0 Å². The molecule has 0 aromatic rings. The maximum absolute atomic E-state index is 12.1. The van der Waals surface area contributed by atoms with Crippen LogP contribution in [0.15, 0.2) is 11.6 Å². The molecular weight excluding hydrogens is 172 g/mol. The van der Waals surface area contributed by atoms with E-state index in [0.29, 0.717) is 17.6 Å². The number of carbonyl (C=O) groups excluding carboxylic acids is 1. The van der Waals surface area contributed by atoms with Crippen LogP contribution in [0, 0.1) is 23.2 Å². The van der Waals surface area contributed by atoms with Gasteiger partial charge in [0.1, 0.15) is 0 Å². The third-order valence-electron chi connectivity index (χ3n) is 3.53. The van der Waals surface area contributed by atoms with Crippen molar-refractivity contribution in [2.24, 2.45) is 23.2 Å². The van der Waals surface area contributed by atoms with Crippen molar-refractivity contribution in [1.82, 2.24) is 0 Å². The number of hydrogen-bond acceptors (Lipinski definition) is 1. The number of carbonyl (C=O) groups is 1. The number of rotatable bonds is 0. The van der Waals surface area contributed by atoms with Crippen molar-refractivity contribution >= 4 is 5.78 Å². The SMILES string of the molecule is CC1C=C(C(C)(C)C)C(=O)C(C)C1C. The predicted octanol–water partition coefficient (Wildman–Crippen LogP) is 3.45. The average Bonchev–Trinajstić information content (AvgIpc) is 2.06. The van der Waals surface area contributed by atoms with Gasteiger partial charge in [0, 0.05) is 5.92 Å². The Bertz CT molecular complexity index is 267. The molecule has 0 saturated heterocycles. The summed E-state index contributed by atoms with van der Waals surface area (Å²) >= 11 is 0. The van der Waals surface area contributed by atoms with Crippen LogP contribution < -0.4 is 0 Å². The molecule has 3 unspecified atom stereocenters. The highest BCUT2D eigenvalue weighted by Crippen LogP contribution is 2.38. The number of allylic oxidation sites excluding steroid dienone is 2. The summed E-state index contributed by atoms with van der Waals surface area (Å²) in [5.41, 5.74) is 1.02. The van der Waals surface area contributed by atoms with Crippen LogP contribution >= 0.6 is 0 Å². The Morgan fingerprint density at radius 3 is 2.07 bits per heavy atom. The molecule has 80 valence electrons. The molecule has 0 aliphatic heterocycles. The van der Waals surface area contributed by atoms with Crippen LogP contribution in [0.2, 0.25) is 0 Å². The molecule has 0 radical (unpaired) electrons. The first-order valence-corrected chi connectivity index (χ1v) is 5.51. The van der Waals surface area contributed by atoms with Crippen molar-refractivity contribution in [3.63, 3.8) is 0 Å². The molecule has 0 aromatic heterocycles. The fourth-order valence-electron chi connectivity index (χ4n) is 2.06. The van der Waals surface area contributed by atoms with Crippen molar-refractivity contribution < 1.29 is 4.79 Å². The molecule has 0 aromatic carbocycles. The van der Waals surface area contributed by atoms with Gasteiger partial charge in [0.05, 0.1) is 0 Å². The van der Waals surface area contributed by atoms with Crippen LogP contribution in [0.1, 0.15) is 41.5 Å². The monoisotopic (exact) mass is 194 g/mol. The highest BCUT2D eigenvalue weighted by atomic mass is 16.1. The van der Waals surface area contributed by atoms with E-state index in [9.17, 15) is 4.79 Å². The number of Topliss-reactive ketones (excluding diaryl/α,β-unsaturated/α-hetero) is 1. The Morgan fingerprint density at radius 2 is 1.64 bits per heavy atom. The molecule has 1 aliphatic rings. The highest BCUT2D eigenvalue weighted by molar-refractivity contribution is 5.99. The van der Waals surface area contributed by atoms with Crippen LogP contribution in [0.4, 0.5) is 0 Å². The second kappa shape index (κ2) is 3.52. The van der Waals surface area contributed by atoms with E-state index in [1.54, 1.807) is 0 Å². The zero-order chi connectivity index (χ0) is 11.1. The fourth-order valence-corrected chi connectivity index (χ4v) is 2.06. The molecule has 1 rings (SSSR count). The lowest BCUT2D eigenvalue weighted by atomic mass is 9.69. The van der Waals surface area contributed by atoms with Gasteiger partial charge in [0.15, 0.2) is 5.78 Å². The van der Waals surface area contributed by atoms with Gasteiger partial charge in [-0.1, -0.05) is 47.6 Å². The standard InChI is InChI=1S/C13H22O/c1-8-7-11(13(4,5)6)12(14)10(3)9(8)2/h7-10H,1-6H3. The van der Waals surface area contributed by atoms with Crippen molar-refractivity contribution in [2.75, 3.05) is 0 Å². The van der Waals surface area contributed by atoms with Crippen LogP contribution in [0.3, 0.4) is 0 Å². The smallest absolute Gasteiger partial charge is 0.162 e. The summed E-state index contributed by atoms with van der Waals surface area (Å²) in [6.45, 7) is 12.8. The molecule has 0 fully saturated rings. The minimum Gasteiger partial charge on any atom is -0.294 e. The lowest BCUT2D eigenvalue weighted by Crippen LogP contribution is -2.34. The highest BCUT2D eigenvalue weighted by Gasteiger charge is 2.35. The topological polar surface area (TPSA) is 17.1 Å². The summed E-state index contributed by atoms with van der Waals surface area (Å²) in [5.74, 6) is 1.54. The van der Waals surface area contributed by atoms with Gasteiger partial charge in [-0.05, 0) is 22.8 Å². The van der Waals surface area contributed by atoms with Gasteiger partial charge in [-0.2, -0.15) is 0 Å². The van der Waals surface area contributed by atoms with E-state index in [1.807, 2.05) is 0 Å². The third-order valence-corrected chi connectivity index (χ3v) is 3.53. The van der Waals surface area contributed by atoms with Crippen LogP contribution in [-0.4, -0.2) is 5.78 Å². The van der Waals surface area contributed by atoms with Crippen molar-refractivity contribution in [3.8, 4) is 0 Å². The third kappa shape index (κ3) is 1.92. The predicted molar refractivity (Wildman–Crippen MR) is 60.0 cm³/mol. The second-order valence-electron chi connectivity index (χ2n) is 5.70. The largest absolute Gasteiger partial charge is 0.294 e. The van der Waals surface area contributed by atoms with Gasteiger partial charge < -0.3 is 0 Å². The van der Waals surface area contributed by atoms with Gasteiger partial charge in [-0.25, -0.2) is 0 Å². The van der Waals surface area contributed by atoms with E-state index < -0.39 is 0 Å². The van der Waals surface area contributed by atoms with E-state index in [1.165, 1.54) is 0 Å². The molecule has 0 heterocycles. The fraction of sp³-hybridized carbons (Fsp3) is 0.769. The summed E-state index contributed by atoms with van der Waals surface area (Å²) in [7, 11) is 0. The first-order valence-electron chi connectivity index (χ1n) is 5.51. The van der Waals surface area contributed by atoms with Crippen LogP contribution in [0.25, 0.3) is 0 Å². The van der Waals surface area contributed by atoms with Gasteiger partial charge in [0.2, 0.25) is 0 Å². The molecule has 1 nitrogen and oxygen atoms in total. The lowest BCUT2D eigenvalue weighted by molar-refractivity contribution is -0.122. The second-order valence-corrected chi connectivity index (χ2v) is 5.70. The van der Waals surface area contributed by atoms with Gasteiger partial charge >= 0.3 is 0 Å². The summed E-state index contributed by atoms with van der Waals surface area (Å²) < 4.78 is 0. The Labute approximate surface area is 87.6 Å². The minimum atomic E-state index is -0.000255. The Kier molecular flexibility index (Phi) is 2.89. The lowest BCUT2D eigenvalue weighted by Gasteiger charge is -2.34. The molecule has 1 heteroatoms. The van der Waals surface area contributed by atoms with E-state index in [-0.39, 0.29) is 11.3 Å². The van der Waals surface area contributed by atoms with Gasteiger partial charge in [-0.15, -0.1) is 0 Å². The summed E-state index contributed by atoms with van der Waals surface area (Å²) in [6, 6.07) is 0. The maximum Gasteiger partial charge on any atom is 0.162 e. The van der Waals surface area contributed by atoms with Gasteiger partial charge in [0.25, 0.3) is 0 Å². The van der Waals surface area contributed by atoms with E-state index in [2.05, 4.69) is 47.6 Å². The van der Waals surface area contributed by atoms with Crippen molar-refractivity contribution in [2.45, 2.75) is 41.5 Å². The van der Waals surface area contributed by atoms with E-state index in [0.717, 1.165) is 5.57 Å². The molecule has 3 atom stereocenters. The maximum atomic E-state index is 12.1. The molecule has 1 aliphatic carbocycles. The van der Waals surface area contributed by atoms with Gasteiger partial charge in [-0.3, -0.25) is 4.79 Å². The quantitative estimate of drug-likeness (QED) is 0.577. The molecule has 0 spiro atoms. The molecule has 0 saturated carbocycles. The first kappa shape index (κ1) is 11.5. The van der Waals surface area contributed by atoms with E-state index >= 15 is 0 Å². The molecule has 0 amide bonds. The minimum absolute atomic E-state index is 0.000255. The number of hydrogen-bond donors (Lipinski definition) is 0. The van der Waals surface area contributed by atoms with Crippen LogP contribution in [-0.2, 0) is 4.79 Å². The molecule has 0 N–H and O–H groups in total. The Hall–Kier alpha value is -0.590. The zero-order valence-electron chi connectivity index (χ0n) is 10.2. The molecule has 0 bridgehead atoms. The zero-order valence-corrected chi connectivity index (χ0v) is 10.2. The Morgan fingerprint density at radius 1 is 1.14 bits per heavy atom. The van der Waals surface area contributed by atoms with Crippen LogP contribution in [0.5, 0.6) is 0 Å². The van der Waals surface area contributed by atoms with E-state index in [4.69, 9.17) is 0 Å². The average molecular weight is 194 g/mol. The summed E-state index contributed by atoms with van der Waals surface area (Å²) in [4.78, 5) is 12.1. The first-order chi connectivity index (χ1) is 6.25. The Balaban J connectivity index is 3.08. The molecular formula is C13H22O. The molecule has 14 heavy (non-hydrogen) atoms.